The number of anilines is 1. The molecule has 0 fully saturated rings. The quantitative estimate of drug-likeness (QED) is 0.899. The number of thiazole rings is 1. The Morgan fingerprint density at radius 1 is 1.39 bits per heavy atom. The highest BCUT2D eigenvalue weighted by Crippen LogP contribution is 2.22. The number of rotatable bonds is 5. The van der Waals surface area contributed by atoms with Crippen molar-refractivity contribution in [2.45, 2.75) is 19.8 Å². The fourth-order valence-corrected chi connectivity index (χ4v) is 2.33. The Bertz CT molecular complexity index is 501. The molecular formula is C12H16N4OS. The van der Waals surface area contributed by atoms with Crippen LogP contribution in [0.4, 0.5) is 5.82 Å². The molecule has 2 aromatic rings. The molecule has 2 heterocycles. The van der Waals surface area contributed by atoms with Crippen LogP contribution >= 0.6 is 11.3 Å². The van der Waals surface area contributed by atoms with E-state index in [1.165, 1.54) is 6.33 Å². The molecule has 1 unspecified atom stereocenters. The summed E-state index contributed by atoms with van der Waals surface area (Å²) >= 11 is 1.67. The van der Waals surface area contributed by atoms with Gasteiger partial charge in [0, 0.05) is 24.0 Å². The highest BCUT2D eigenvalue weighted by Gasteiger charge is 2.11. The highest BCUT2D eigenvalue weighted by molar-refractivity contribution is 7.09. The summed E-state index contributed by atoms with van der Waals surface area (Å²) in [4.78, 5) is 12.6. The van der Waals surface area contributed by atoms with Gasteiger partial charge in [-0.2, -0.15) is 0 Å². The summed E-state index contributed by atoms with van der Waals surface area (Å²) in [5.74, 6) is 1.77. The monoisotopic (exact) mass is 264 g/mol. The SMILES string of the molecule is COc1ncnc(NCC(C)c2nccs2)c1C. The molecule has 0 aromatic carbocycles. The fourth-order valence-electron chi connectivity index (χ4n) is 1.63. The Labute approximate surface area is 110 Å². The van der Waals surface area contributed by atoms with Gasteiger partial charge in [-0.15, -0.1) is 11.3 Å². The topological polar surface area (TPSA) is 59.9 Å². The van der Waals surface area contributed by atoms with E-state index in [4.69, 9.17) is 4.74 Å². The summed E-state index contributed by atoms with van der Waals surface area (Å²) in [6.45, 7) is 4.86. The van der Waals surface area contributed by atoms with E-state index in [0.29, 0.717) is 11.8 Å². The van der Waals surface area contributed by atoms with Crippen molar-refractivity contribution in [3.8, 4) is 5.88 Å². The Kier molecular flexibility index (Phi) is 4.09. The number of hydrogen-bond donors (Lipinski definition) is 1. The van der Waals surface area contributed by atoms with Gasteiger partial charge in [0.2, 0.25) is 5.88 Å². The molecular weight excluding hydrogens is 248 g/mol. The van der Waals surface area contributed by atoms with Crippen LogP contribution in [0.2, 0.25) is 0 Å². The molecule has 0 bridgehead atoms. The third-order valence-corrected chi connectivity index (χ3v) is 3.69. The molecule has 0 radical (unpaired) electrons. The van der Waals surface area contributed by atoms with Crippen LogP contribution in [0.15, 0.2) is 17.9 Å². The van der Waals surface area contributed by atoms with Crippen molar-refractivity contribution in [3.63, 3.8) is 0 Å². The minimum atomic E-state index is 0.352. The van der Waals surface area contributed by atoms with Crippen LogP contribution in [0.25, 0.3) is 0 Å². The van der Waals surface area contributed by atoms with Crippen LogP contribution in [-0.2, 0) is 0 Å². The summed E-state index contributed by atoms with van der Waals surface area (Å²) in [7, 11) is 1.61. The van der Waals surface area contributed by atoms with Gasteiger partial charge in [-0.05, 0) is 6.92 Å². The molecule has 0 saturated heterocycles. The number of hydrogen-bond acceptors (Lipinski definition) is 6. The molecule has 0 aliphatic carbocycles. The van der Waals surface area contributed by atoms with Crippen molar-refractivity contribution in [2.24, 2.45) is 0 Å². The van der Waals surface area contributed by atoms with Crippen molar-refractivity contribution in [2.75, 3.05) is 19.0 Å². The Morgan fingerprint density at radius 3 is 2.89 bits per heavy atom. The third kappa shape index (κ3) is 2.76. The summed E-state index contributed by atoms with van der Waals surface area (Å²) < 4.78 is 5.16. The van der Waals surface area contributed by atoms with Crippen molar-refractivity contribution >= 4 is 17.2 Å². The van der Waals surface area contributed by atoms with Crippen LogP contribution < -0.4 is 10.1 Å². The first-order valence-electron chi connectivity index (χ1n) is 5.71. The van der Waals surface area contributed by atoms with E-state index in [2.05, 4.69) is 27.2 Å². The normalized spacial score (nSPS) is 12.2. The third-order valence-electron chi connectivity index (χ3n) is 2.68. The first-order valence-corrected chi connectivity index (χ1v) is 6.59. The van der Waals surface area contributed by atoms with Gasteiger partial charge in [-0.25, -0.2) is 15.0 Å². The standard InChI is InChI=1S/C12H16N4OS/c1-8(12-13-4-5-18-12)6-14-10-9(2)11(17-3)16-7-15-10/h4-5,7-8H,6H2,1-3H3,(H,14,15,16). The Hall–Kier alpha value is -1.69. The van der Waals surface area contributed by atoms with Crippen molar-refractivity contribution in [3.05, 3.63) is 28.5 Å². The molecule has 1 N–H and O–H groups in total. The fraction of sp³-hybridized carbons (Fsp3) is 0.417. The maximum absolute atomic E-state index is 5.16. The van der Waals surface area contributed by atoms with E-state index in [1.807, 2.05) is 18.5 Å². The number of methoxy groups -OCH3 is 1. The Balaban J connectivity index is 2.02. The predicted octanol–water partition coefficient (Wildman–Crippen LogP) is 2.47. The van der Waals surface area contributed by atoms with Crippen molar-refractivity contribution in [1.29, 1.82) is 0 Å². The average molecular weight is 264 g/mol. The Morgan fingerprint density at radius 2 is 2.22 bits per heavy atom. The van der Waals surface area contributed by atoms with Gasteiger partial charge < -0.3 is 10.1 Å². The maximum atomic E-state index is 5.16. The van der Waals surface area contributed by atoms with E-state index in [-0.39, 0.29) is 0 Å². The van der Waals surface area contributed by atoms with Gasteiger partial charge in [0.25, 0.3) is 0 Å². The number of ether oxygens (including phenoxy) is 1. The molecule has 6 heteroatoms. The lowest BCUT2D eigenvalue weighted by Crippen LogP contribution is -2.12. The molecule has 2 aromatic heterocycles. The van der Waals surface area contributed by atoms with E-state index in [0.717, 1.165) is 22.9 Å². The van der Waals surface area contributed by atoms with E-state index in [1.54, 1.807) is 18.4 Å². The second kappa shape index (κ2) is 5.77. The van der Waals surface area contributed by atoms with E-state index < -0.39 is 0 Å². The van der Waals surface area contributed by atoms with Crippen molar-refractivity contribution < 1.29 is 4.74 Å². The van der Waals surface area contributed by atoms with Gasteiger partial charge in [-0.3, -0.25) is 0 Å². The van der Waals surface area contributed by atoms with Gasteiger partial charge in [0.05, 0.1) is 17.7 Å². The first kappa shape index (κ1) is 12.8. The average Bonchev–Trinajstić information content (AvgIpc) is 2.91. The molecule has 0 saturated carbocycles. The zero-order chi connectivity index (χ0) is 13.0. The summed E-state index contributed by atoms with van der Waals surface area (Å²) in [5.41, 5.74) is 0.923. The molecule has 1 atom stereocenters. The molecule has 18 heavy (non-hydrogen) atoms. The first-order chi connectivity index (χ1) is 8.72. The minimum absolute atomic E-state index is 0.352. The lowest BCUT2D eigenvalue weighted by molar-refractivity contribution is 0.393. The van der Waals surface area contributed by atoms with Crippen LogP contribution in [0, 0.1) is 6.92 Å². The van der Waals surface area contributed by atoms with Gasteiger partial charge in [0.1, 0.15) is 12.1 Å². The van der Waals surface area contributed by atoms with Crippen molar-refractivity contribution in [1.82, 2.24) is 15.0 Å². The zero-order valence-electron chi connectivity index (χ0n) is 10.7. The predicted molar refractivity (Wildman–Crippen MR) is 72.3 cm³/mol. The number of nitrogens with zero attached hydrogens (tertiary/aromatic N) is 3. The molecule has 5 nitrogen and oxygen atoms in total. The molecule has 2 rings (SSSR count). The summed E-state index contributed by atoms with van der Waals surface area (Å²) in [6.07, 6.45) is 3.33. The van der Waals surface area contributed by atoms with Crippen LogP contribution in [0.5, 0.6) is 5.88 Å². The van der Waals surface area contributed by atoms with Crippen LogP contribution in [0.3, 0.4) is 0 Å². The van der Waals surface area contributed by atoms with Gasteiger partial charge in [0.15, 0.2) is 0 Å². The maximum Gasteiger partial charge on any atom is 0.221 e. The molecule has 96 valence electrons. The lowest BCUT2D eigenvalue weighted by Gasteiger charge is -2.13. The molecule has 0 spiro atoms. The lowest BCUT2D eigenvalue weighted by atomic mass is 10.2. The largest absolute Gasteiger partial charge is 0.481 e. The number of aromatic nitrogens is 3. The van der Waals surface area contributed by atoms with Gasteiger partial charge in [-0.1, -0.05) is 6.92 Å². The molecule has 0 aliphatic heterocycles. The van der Waals surface area contributed by atoms with Gasteiger partial charge >= 0.3 is 0 Å². The number of nitrogens with one attached hydrogen (secondary N) is 1. The molecule has 0 aliphatic rings. The summed E-state index contributed by atoms with van der Waals surface area (Å²) in [5, 5.41) is 6.43. The minimum Gasteiger partial charge on any atom is -0.481 e. The van der Waals surface area contributed by atoms with E-state index in [9.17, 15) is 0 Å². The van der Waals surface area contributed by atoms with Crippen LogP contribution in [0.1, 0.15) is 23.4 Å². The van der Waals surface area contributed by atoms with Crippen LogP contribution in [-0.4, -0.2) is 28.6 Å². The molecule has 0 amide bonds. The summed E-state index contributed by atoms with van der Waals surface area (Å²) in [6, 6.07) is 0. The second-order valence-corrected chi connectivity index (χ2v) is 4.93. The van der Waals surface area contributed by atoms with E-state index >= 15 is 0 Å². The highest BCUT2D eigenvalue weighted by atomic mass is 32.1. The smallest absolute Gasteiger partial charge is 0.221 e. The second-order valence-electron chi connectivity index (χ2n) is 4.01. The zero-order valence-corrected chi connectivity index (χ0v) is 11.5.